The van der Waals surface area contributed by atoms with Crippen LogP contribution in [0.2, 0.25) is 0 Å². The van der Waals surface area contributed by atoms with E-state index in [1.54, 1.807) is 18.2 Å². The Kier molecular flexibility index (Phi) is 4.01. The molecule has 3 rings (SSSR count). The minimum absolute atomic E-state index is 0.124. The van der Waals surface area contributed by atoms with Crippen molar-refractivity contribution in [3.05, 3.63) is 65.5 Å². The van der Waals surface area contributed by atoms with Gasteiger partial charge in [-0.1, -0.05) is 30.4 Å². The topological polar surface area (TPSA) is 32.3 Å². The predicted molar refractivity (Wildman–Crippen MR) is 83.2 cm³/mol. The summed E-state index contributed by atoms with van der Waals surface area (Å²) >= 11 is 0. The Bertz CT molecular complexity index is 814. The van der Waals surface area contributed by atoms with Crippen LogP contribution in [0.15, 0.2) is 48.5 Å². The van der Waals surface area contributed by atoms with Crippen LogP contribution >= 0.6 is 0 Å². The SMILES string of the molecule is O=C(Nc1ccc(F)c(C(F)(F)F)c1)N1CC=Cc2ccccc21. The van der Waals surface area contributed by atoms with Crippen molar-refractivity contribution >= 4 is 23.5 Å². The molecule has 0 bridgehead atoms. The summed E-state index contributed by atoms with van der Waals surface area (Å²) in [5.74, 6) is -1.38. The maximum atomic E-state index is 13.3. The molecule has 124 valence electrons. The number of urea groups is 1. The van der Waals surface area contributed by atoms with Crippen LogP contribution in [0.1, 0.15) is 11.1 Å². The Hall–Kier alpha value is -2.83. The van der Waals surface area contributed by atoms with Gasteiger partial charge in [0.25, 0.3) is 0 Å². The van der Waals surface area contributed by atoms with E-state index in [0.717, 1.165) is 11.6 Å². The third-order valence-corrected chi connectivity index (χ3v) is 3.58. The van der Waals surface area contributed by atoms with Gasteiger partial charge in [-0.3, -0.25) is 4.90 Å². The largest absolute Gasteiger partial charge is 0.419 e. The molecule has 7 heteroatoms. The fourth-order valence-electron chi connectivity index (χ4n) is 2.46. The van der Waals surface area contributed by atoms with E-state index >= 15 is 0 Å². The summed E-state index contributed by atoms with van der Waals surface area (Å²) in [7, 11) is 0. The first-order valence-corrected chi connectivity index (χ1v) is 7.07. The van der Waals surface area contributed by atoms with Gasteiger partial charge < -0.3 is 5.32 Å². The van der Waals surface area contributed by atoms with E-state index in [0.29, 0.717) is 17.8 Å². The number of anilines is 2. The Labute approximate surface area is 135 Å². The molecule has 24 heavy (non-hydrogen) atoms. The molecule has 0 saturated heterocycles. The van der Waals surface area contributed by atoms with Crippen molar-refractivity contribution < 1.29 is 22.4 Å². The van der Waals surface area contributed by atoms with Crippen molar-refractivity contribution in [2.45, 2.75) is 6.18 Å². The van der Waals surface area contributed by atoms with Gasteiger partial charge in [0.1, 0.15) is 5.82 Å². The monoisotopic (exact) mass is 336 g/mol. The first-order chi connectivity index (χ1) is 11.4. The smallest absolute Gasteiger partial charge is 0.308 e. The van der Waals surface area contributed by atoms with Gasteiger partial charge in [-0.15, -0.1) is 0 Å². The summed E-state index contributed by atoms with van der Waals surface area (Å²) < 4.78 is 51.5. The van der Waals surface area contributed by atoms with Gasteiger partial charge in [-0.25, -0.2) is 9.18 Å². The van der Waals surface area contributed by atoms with Crippen molar-refractivity contribution in [1.29, 1.82) is 0 Å². The third-order valence-electron chi connectivity index (χ3n) is 3.58. The van der Waals surface area contributed by atoms with Gasteiger partial charge in [0.2, 0.25) is 0 Å². The highest BCUT2D eigenvalue weighted by atomic mass is 19.4. The molecule has 1 heterocycles. The summed E-state index contributed by atoms with van der Waals surface area (Å²) in [6.45, 7) is 0.288. The molecule has 0 saturated carbocycles. The van der Waals surface area contributed by atoms with Crippen LogP contribution in [0.25, 0.3) is 6.08 Å². The number of nitrogens with zero attached hydrogens (tertiary/aromatic N) is 1. The Morgan fingerprint density at radius 3 is 2.62 bits per heavy atom. The van der Waals surface area contributed by atoms with Crippen molar-refractivity contribution in [2.75, 3.05) is 16.8 Å². The predicted octanol–water partition coefficient (Wildman–Crippen LogP) is 4.91. The Balaban J connectivity index is 1.85. The van der Waals surface area contributed by atoms with E-state index in [1.807, 2.05) is 18.2 Å². The highest BCUT2D eigenvalue weighted by Crippen LogP contribution is 2.33. The minimum atomic E-state index is -4.83. The average Bonchev–Trinajstić information content (AvgIpc) is 2.55. The van der Waals surface area contributed by atoms with Gasteiger partial charge in [0.05, 0.1) is 11.3 Å². The maximum absolute atomic E-state index is 13.3. The number of para-hydroxylation sites is 1. The molecule has 2 aromatic rings. The lowest BCUT2D eigenvalue weighted by Gasteiger charge is -2.26. The molecule has 0 atom stereocenters. The molecular weight excluding hydrogens is 324 g/mol. The highest BCUT2D eigenvalue weighted by Gasteiger charge is 2.34. The normalized spacial score (nSPS) is 13.6. The second-order valence-electron chi connectivity index (χ2n) is 5.19. The summed E-state index contributed by atoms with van der Waals surface area (Å²) in [6.07, 6.45) is -1.20. The zero-order valence-corrected chi connectivity index (χ0v) is 12.3. The molecule has 1 aliphatic rings. The number of fused-ring (bicyclic) bond motifs is 1. The zero-order valence-electron chi connectivity index (χ0n) is 12.3. The molecule has 0 unspecified atom stereocenters. The standard InChI is InChI=1S/C17H12F4N2O/c18-14-8-7-12(10-13(14)17(19,20)21)22-16(24)23-9-3-5-11-4-1-2-6-15(11)23/h1-8,10H,9H2,(H,22,24). The molecule has 2 aromatic carbocycles. The van der Waals surface area contributed by atoms with Gasteiger partial charge in [-0.05, 0) is 29.8 Å². The highest BCUT2D eigenvalue weighted by molar-refractivity contribution is 6.04. The molecule has 3 nitrogen and oxygen atoms in total. The number of nitrogens with one attached hydrogen (secondary N) is 1. The molecule has 0 fully saturated rings. The summed E-state index contributed by atoms with van der Waals surface area (Å²) in [6, 6.07) is 8.91. The summed E-state index contributed by atoms with van der Waals surface area (Å²) in [5, 5.41) is 2.38. The van der Waals surface area contributed by atoms with Crippen LogP contribution in [-0.4, -0.2) is 12.6 Å². The molecule has 2 amide bonds. The number of carbonyl (C=O) groups is 1. The fraction of sp³-hybridized carbons (Fsp3) is 0.118. The van der Waals surface area contributed by atoms with Crippen LogP contribution < -0.4 is 10.2 Å². The molecule has 0 radical (unpaired) electrons. The second kappa shape index (κ2) is 5.99. The molecule has 0 aliphatic carbocycles. The third kappa shape index (κ3) is 3.10. The van der Waals surface area contributed by atoms with Gasteiger partial charge in [0, 0.05) is 12.2 Å². The van der Waals surface area contributed by atoms with Crippen LogP contribution in [-0.2, 0) is 6.18 Å². The average molecular weight is 336 g/mol. The molecule has 0 spiro atoms. The van der Waals surface area contributed by atoms with E-state index in [4.69, 9.17) is 0 Å². The van der Waals surface area contributed by atoms with Crippen LogP contribution in [0.4, 0.5) is 33.7 Å². The molecular formula is C17H12F4N2O. The summed E-state index contributed by atoms with van der Waals surface area (Å²) in [5.41, 5.74) is -0.0651. The second-order valence-corrected chi connectivity index (χ2v) is 5.19. The van der Waals surface area contributed by atoms with Crippen LogP contribution in [0, 0.1) is 5.82 Å². The van der Waals surface area contributed by atoms with Crippen molar-refractivity contribution in [2.24, 2.45) is 0 Å². The maximum Gasteiger partial charge on any atom is 0.419 e. The van der Waals surface area contributed by atoms with Crippen molar-refractivity contribution in [1.82, 2.24) is 0 Å². The van der Waals surface area contributed by atoms with E-state index in [1.165, 1.54) is 4.90 Å². The Morgan fingerprint density at radius 2 is 1.88 bits per heavy atom. The number of hydrogen-bond donors (Lipinski definition) is 1. The van der Waals surface area contributed by atoms with E-state index in [-0.39, 0.29) is 12.2 Å². The lowest BCUT2D eigenvalue weighted by Crippen LogP contribution is -2.36. The van der Waals surface area contributed by atoms with E-state index in [9.17, 15) is 22.4 Å². The quantitative estimate of drug-likeness (QED) is 0.737. The summed E-state index contributed by atoms with van der Waals surface area (Å²) in [4.78, 5) is 13.8. The minimum Gasteiger partial charge on any atom is -0.308 e. The first kappa shape index (κ1) is 16.0. The molecule has 0 aromatic heterocycles. The van der Waals surface area contributed by atoms with Crippen LogP contribution in [0.3, 0.4) is 0 Å². The van der Waals surface area contributed by atoms with Crippen molar-refractivity contribution in [3.63, 3.8) is 0 Å². The lowest BCUT2D eigenvalue weighted by atomic mass is 10.1. The number of carbonyl (C=O) groups excluding carboxylic acids is 1. The van der Waals surface area contributed by atoms with Gasteiger partial charge >= 0.3 is 12.2 Å². The van der Waals surface area contributed by atoms with Gasteiger partial charge in [0.15, 0.2) is 0 Å². The van der Waals surface area contributed by atoms with Gasteiger partial charge in [-0.2, -0.15) is 13.2 Å². The number of rotatable bonds is 1. The van der Waals surface area contributed by atoms with E-state index in [2.05, 4.69) is 5.32 Å². The number of halogens is 4. The number of hydrogen-bond acceptors (Lipinski definition) is 1. The zero-order chi connectivity index (χ0) is 17.3. The lowest BCUT2D eigenvalue weighted by molar-refractivity contribution is -0.139. The molecule has 1 N–H and O–H groups in total. The van der Waals surface area contributed by atoms with E-state index < -0.39 is 23.6 Å². The number of benzene rings is 2. The van der Waals surface area contributed by atoms with Crippen LogP contribution in [0.5, 0.6) is 0 Å². The molecule has 1 aliphatic heterocycles. The number of alkyl halides is 3. The first-order valence-electron chi connectivity index (χ1n) is 7.07. The fourth-order valence-corrected chi connectivity index (χ4v) is 2.46. The number of amides is 2. The Morgan fingerprint density at radius 1 is 1.12 bits per heavy atom. The van der Waals surface area contributed by atoms with Crippen molar-refractivity contribution in [3.8, 4) is 0 Å².